The highest BCUT2D eigenvalue weighted by atomic mass is 32.1. The maximum absolute atomic E-state index is 11.4. The summed E-state index contributed by atoms with van der Waals surface area (Å²) in [4.78, 5) is 13.9. The van der Waals surface area contributed by atoms with Crippen LogP contribution in [0.1, 0.15) is 24.8 Å². The molecule has 0 aliphatic carbocycles. The molecule has 1 aromatic heterocycles. The Morgan fingerprint density at radius 1 is 1.42 bits per heavy atom. The molecule has 1 spiro atoms. The van der Waals surface area contributed by atoms with Crippen molar-refractivity contribution < 1.29 is 9.53 Å². The highest BCUT2D eigenvalue weighted by Gasteiger charge is 2.37. The highest BCUT2D eigenvalue weighted by molar-refractivity contribution is 7.07. The van der Waals surface area contributed by atoms with Gasteiger partial charge in [-0.2, -0.15) is 11.3 Å². The van der Waals surface area contributed by atoms with E-state index in [9.17, 15) is 4.79 Å². The second-order valence-electron chi connectivity index (χ2n) is 5.47. The van der Waals surface area contributed by atoms with E-state index in [0.29, 0.717) is 19.6 Å². The van der Waals surface area contributed by atoms with Gasteiger partial charge in [0.05, 0.1) is 12.2 Å². The van der Waals surface area contributed by atoms with Gasteiger partial charge in [0, 0.05) is 32.6 Å². The number of nitrogens with one attached hydrogen (secondary N) is 1. The molecule has 19 heavy (non-hydrogen) atoms. The topological polar surface area (TPSA) is 41.6 Å². The minimum atomic E-state index is -0.114. The molecule has 5 heteroatoms. The molecule has 1 aromatic rings. The number of hydrogen-bond donors (Lipinski definition) is 1. The highest BCUT2D eigenvalue weighted by Crippen LogP contribution is 2.28. The molecule has 0 unspecified atom stereocenters. The van der Waals surface area contributed by atoms with E-state index in [-0.39, 0.29) is 11.5 Å². The van der Waals surface area contributed by atoms with E-state index in [1.54, 1.807) is 11.3 Å². The van der Waals surface area contributed by atoms with Crippen LogP contribution in [0.5, 0.6) is 0 Å². The summed E-state index contributed by atoms with van der Waals surface area (Å²) in [6.07, 6.45) is 2.52. The van der Waals surface area contributed by atoms with Crippen molar-refractivity contribution in [3.8, 4) is 0 Å². The van der Waals surface area contributed by atoms with Crippen molar-refractivity contribution in [3.63, 3.8) is 0 Å². The molecule has 104 valence electrons. The minimum absolute atomic E-state index is 0.114. The van der Waals surface area contributed by atoms with Crippen molar-refractivity contribution in [1.29, 1.82) is 0 Å². The standard InChI is InChI=1S/C14H20N2O2S/c17-13-1-7-18-14(11-15-13)3-5-16(6-4-14)9-12-2-8-19-10-12/h2,8,10H,1,3-7,9,11H2,(H,15,17). The zero-order valence-corrected chi connectivity index (χ0v) is 11.9. The summed E-state index contributed by atoms with van der Waals surface area (Å²) >= 11 is 1.75. The quantitative estimate of drug-likeness (QED) is 0.895. The number of rotatable bonds is 2. The minimum Gasteiger partial charge on any atom is -0.373 e. The normalized spacial score (nSPS) is 24.1. The van der Waals surface area contributed by atoms with Crippen molar-refractivity contribution in [2.24, 2.45) is 0 Å². The lowest BCUT2D eigenvalue weighted by atomic mass is 9.91. The van der Waals surface area contributed by atoms with Gasteiger partial charge in [0.15, 0.2) is 0 Å². The molecule has 3 rings (SSSR count). The lowest BCUT2D eigenvalue weighted by Crippen LogP contribution is -2.50. The van der Waals surface area contributed by atoms with Crippen molar-refractivity contribution in [2.45, 2.75) is 31.4 Å². The first-order chi connectivity index (χ1) is 9.26. The van der Waals surface area contributed by atoms with E-state index >= 15 is 0 Å². The summed E-state index contributed by atoms with van der Waals surface area (Å²) < 4.78 is 5.98. The predicted octanol–water partition coefficient (Wildman–Crippen LogP) is 1.62. The fourth-order valence-corrected chi connectivity index (χ4v) is 3.50. The summed E-state index contributed by atoms with van der Waals surface area (Å²) in [7, 11) is 0. The molecule has 0 bridgehead atoms. The second-order valence-corrected chi connectivity index (χ2v) is 6.25. The Kier molecular flexibility index (Phi) is 3.86. The van der Waals surface area contributed by atoms with Crippen LogP contribution in [0, 0.1) is 0 Å². The van der Waals surface area contributed by atoms with E-state index in [4.69, 9.17) is 4.74 Å². The van der Waals surface area contributed by atoms with Gasteiger partial charge in [0.1, 0.15) is 0 Å². The number of amides is 1. The fraction of sp³-hybridized carbons (Fsp3) is 0.643. The molecular weight excluding hydrogens is 260 g/mol. The van der Waals surface area contributed by atoms with Crippen LogP contribution in [-0.2, 0) is 16.1 Å². The maximum atomic E-state index is 11.4. The van der Waals surface area contributed by atoms with Crippen molar-refractivity contribution in [1.82, 2.24) is 10.2 Å². The average Bonchev–Trinajstić information content (AvgIpc) is 2.86. The summed E-state index contributed by atoms with van der Waals surface area (Å²) in [6.45, 7) is 4.37. The Balaban J connectivity index is 1.55. The lowest BCUT2D eigenvalue weighted by Gasteiger charge is -2.40. The van der Waals surface area contributed by atoms with Gasteiger partial charge in [-0.15, -0.1) is 0 Å². The van der Waals surface area contributed by atoms with E-state index in [1.165, 1.54) is 5.56 Å². The monoisotopic (exact) mass is 280 g/mol. The third-order valence-corrected chi connectivity index (χ3v) is 4.83. The molecule has 0 aromatic carbocycles. The van der Waals surface area contributed by atoms with Gasteiger partial charge in [-0.05, 0) is 35.2 Å². The van der Waals surface area contributed by atoms with Gasteiger partial charge in [-0.1, -0.05) is 0 Å². The number of thiophene rings is 1. The number of hydrogen-bond acceptors (Lipinski definition) is 4. The molecule has 0 saturated carbocycles. The number of ether oxygens (including phenoxy) is 1. The molecule has 0 radical (unpaired) electrons. The van der Waals surface area contributed by atoms with Gasteiger partial charge in [-0.3, -0.25) is 9.69 Å². The van der Waals surface area contributed by atoms with Crippen LogP contribution < -0.4 is 5.32 Å². The number of nitrogens with zero attached hydrogens (tertiary/aromatic N) is 1. The van der Waals surface area contributed by atoms with Gasteiger partial charge >= 0.3 is 0 Å². The molecule has 1 N–H and O–H groups in total. The van der Waals surface area contributed by atoms with Crippen LogP contribution in [0.2, 0.25) is 0 Å². The van der Waals surface area contributed by atoms with Crippen molar-refractivity contribution in [3.05, 3.63) is 22.4 Å². The first kappa shape index (κ1) is 13.1. The van der Waals surface area contributed by atoms with Crippen LogP contribution in [-0.4, -0.2) is 42.6 Å². The summed E-state index contributed by atoms with van der Waals surface area (Å²) in [6, 6.07) is 2.19. The third kappa shape index (κ3) is 3.16. The molecule has 2 aliphatic heterocycles. The third-order valence-electron chi connectivity index (χ3n) is 4.10. The number of carbonyl (C=O) groups excluding carboxylic acids is 1. The first-order valence-electron chi connectivity index (χ1n) is 6.90. The SMILES string of the molecule is O=C1CCOC2(CCN(Cc3ccsc3)CC2)CN1. The van der Waals surface area contributed by atoms with Crippen LogP contribution in [0.4, 0.5) is 0 Å². The molecule has 1 amide bonds. The smallest absolute Gasteiger partial charge is 0.222 e. The van der Waals surface area contributed by atoms with E-state index in [0.717, 1.165) is 32.5 Å². The van der Waals surface area contributed by atoms with Crippen LogP contribution in [0.3, 0.4) is 0 Å². The van der Waals surface area contributed by atoms with Crippen LogP contribution in [0.25, 0.3) is 0 Å². The Morgan fingerprint density at radius 2 is 2.26 bits per heavy atom. The maximum Gasteiger partial charge on any atom is 0.222 e. The fourth-order valence-electron chi connectivity index (χ4n) is 2.84. The molecule has 2 aliphatic rings. The van der Waals surface area contributed by atoms with Gasteiger partial charge in [0.2, 0.25) is 5.91 Å². The largest absolute Gasteiger partial charge is 0.373 e. The van der Waals surface area contributed by atoms with E-state index in [2.05, 4.69) is 27.0 Å². The average molecular weight is 280 g/mol. The molecule has 2 saturated heterocycles. The second kappa shape index (κ2) is 5.61. The zero-order chi connectivity index (χ0) is 13.1. The van der Waals surface area contributed by atoms with Gasteiger partial charge < -0.3 is 10.1 Å². The van der Waals surface area contributed by atoms with E-state index < -0.39 is 0 Å². The molecule has 4 nitrogen and oxygen atoms in total. The van der Waals surface area contributed by atoms with Crippen molar-refractivity contribution in [2.75, 3.05) is 26.2 Å². The summed E-state index contributed by atoms with van der Waals surface area (Å²) in [5, 5.41) is 7.33. The Hall–Kier alpha value is -0.910. The van der Waals surface area contributed by atoms with Crippen LogP contribution in [0.15, 0.2) is 16.8 Å². The number of piperidine rings is 1. The predicted molar refractivity (Wildman–Crippen MR) is 75.1 cm³/mol. The molecule has 2 fully saturated rings. The molecule has 3 heterocycles. The first-order valence-corrected chi connectivity index (χ1v) is 7.84. The zero-order valence-electron chi connectivity index (χ0n) is 11.1. The Bertz CT molecular complexity index is 425. The lowest BCUT2D eigenvalue weighted by molar-refractivity contribution is -0.120. The number of likely N-dealkylation sites (tertiary alicyclic amines) is 1. The summed E-state index contributed by atoms with van der Waals surface area (Å²) in [5.74, 6) is 0.123. The van der Waals surface area contributed by atoms with Crippen LogP contribution >= 0.6 is 11.3 Å². The molecule has 0 atom stereocenters. The van der Waals surface area contributed by atoms with Gasteiger partial charge in [-0.25, -0.2) is 0 Å². The molecular formula is C14H20N2O2S. The van der Waals surface area contributed by atoms with E-state index in [1.807, 2.05) is 0 Å². The van der Waals surface area contributed by atoms with Gasteiger partial charge in [0.25, 0.3) is 0 Å². The Morgan fingerprint density at radius 3 is 3.00 bits per heavy atom. The Labute approximate surface area is 117 Å². The number of carbonyl (C=O) groups is 1. The van der Waals surface area contributed by atoms with Crippen molar-refractivity contribution >= 4 is 17.2 Å². The summed E-state index contributed by atoms with van der Waals surface area (Å²) in [5.41, 5.74) is 1.29.